The van der Waals surface area contributed by atoms with Gasteiger partial charge in [-0.05, 0) is 25.0 Å². The van der Waals surface area contributed by atoms with E-state index in [-0.39, 0.29) is 17.4 Å². The lowest BCUT2D eigenvalue weighted by Gasteiger charge is -2.30. The van der Waals surface area contributed by atoms with E-state index in [1.165, 1.54) is 17.0 Å². The van der Waals surface area contributed by atoms with E-state index in [4.69, 9.17) is 0 Å². The van der Waals surface area contributed by atoms with Crippen LogP contribution in [-0.4, -0.2) is 29.7 Å². The van der Waals surface area contributed by atoms with Crippen molar-refractivity contribution in [2.45, 2.75) is 31.7 Å². The summed E-state index contributed by atoms with van der Waals surface area (Å²) in [6.45, 7) is 0. The van der Waals surface area contributed by atoms with Gasteiger partial charge < -0.3 is 4.90 Å². The molecule has 19 heavy (non-hydrogen) atoms. The molecular formula is C14H15F2NO2. The van der Waals surface area contributed by atoms with Crippen LogP contribution < -0.4 is 0 Å². The molecule has 0 heterocycles. The smallest absolute Gasteiger partial charge is 0.256 e. The molecule has 0 bridgehead atoms. The standard InChI is InChI=1S/C14H15F2NO2/c1-17(9-5-7-10(18)8-6-9)14(19)11-3-2-4-12(15)13(11)16/h2-4,9H,5-8H2,1H3. The second-order valence-corrected chi connectivity index (χ2v) is 4.79. The van der Waals surface area contributed by atoms with Crippen molar-refractivity contribution in [3.05, 3.63) is 35.4 Å². The van der Waals surface area contributed by atoms with Gasteiger partial charge in [-0.2, -0.15) is 0 Å². The van der Waals surface area contributed by atoms with Gasteiger partial charge in [-0.25, -0.2) is 8.78 Å². The third-order valence-electron chi connectivity index (χ3n) is 3.56. The first-order chi connectivity index (χ1) is 9.00. The molecule has 5 heteroatoms. The highest BCUT2D eigenvalue weighted by Crippen LogP contribution is 2.22. The van der Waals surface area contributed by atoms with Crippen LogP contribution in [0.15, 0.2) is 18.2 Å². The molecule has 1 aromatic rings. The highest BCUT2D eigenvalue weighted by atomic mass is 19.2. The Labute approximate surface area is 110 Å². The normalized spacial score (nSPS) is 16.5. The van der Waals surface area contributed by atoms with Crippen LogP contribution in [0.3, 0.4) is 0 Å². The Bertz CT molecular complexity index is 506. The molecule has 1 fully saturated rings. The lowest BCUT2D eigenvalue weighted by atomic mass is 9.93. The number of halogens is 2. The predicted octanol–water partition coefficient (Wildman–Crippen LogP) is 2.55. The maximum Gasteiger partial charge on any atom is 0.256 e. The van der Waals surface area contributed by atoms with E-state index in [1.807, 2.05) is 0 Å². The molecule has 0 atom stereocenters. The topological polar surface area (TPSA) is 37.4 Å². The van der Waals surface area contributed by atoms with Crippen LogP contribution in [0, 0.1) is 11.6 Å². The van der Waals surface area contributed by atoms with Crippen molar-refractivity contribution in [1.29, 1.82) is 0 Å². The second-order valence-electron chi connectivity index (χ2n) is 4.79. The van der Waals surface area contributed by atoms with Crippen LogP contribution in [0.2, 0.25) is 0 Å². The monoisotopic (exact) mass is 267 g/mol. The Hall–Kier alpha value is -1.78. The Kier molecular flexibility index (Phi) is 3.93. The van der Waals surface area contributed by atoms with Crippen LogP contribution in [-0.2, 0) is 4.79 Å². The number of carbonyl (C=O) groups excluding carboxylic acids is 2. The molecule has 1 saturated carbocycles. The fourth-order valence-electron chi connectivity index (χ4n) is 2.34. The average molecular weight is 267 g/mol. The molecule has 1 amide bonds. The number of Topliss-reactive ketones (excluding diaryl/α,β-unsaturated/α-hetero) is 1. The zero-order chi connectivity index (χ0) is 14.0. The number of hydrogen-bond donors (Lipinski definition) is 0. The first-order valence-electron chi connectivity index (χ1n) is 6.23. The van der Waals surface area contributed by atoms with Crippen LogP contribution in [0.1, 0.15) is 36.0 Å². The fourth-order valence-corrected chi connectivity index (χ4v) is 2.34. The summed E-state index contributed by atoms with van der Waals surface area (Å²) < 4.78 is 26.7. The fraction of sp³-hybridized carbons (Fsp3) is 0.429. The third-order valence-corrected chi connectivity index (χ3v) is 3.56. The van der Waals surface area contributed by atoms with E-state index in [9.17, 15) is 18.4 Å². The van der Waals surface area contributed by atoms with Gasteiger partial charge in [-0.15, -0.1) is 0 Å². The van der Waals surface area contributed by atoms with E-state index in [0.29, 0.717) is 25.7 Å². The van der Waals surface area contributed by atoms with E-state index in [2.05, 4.69) is 0 Å². The maximum absolute atomic E-state index is 13.6. The Balaban J connectivity index is 2.15. The summed E-state index contributed by atoms with van der Waals surface area (Å²) in [5.41, 5.74) is -0.264. The summed E-state index contributed by atoms with van der Waals surface area (Å²) >= 11 is 0. The lowest BCUT2D eigenvalue weighted by molar-refractivity contribution is -0.121. The molecular weight excluding hydrogens is 252 g/mol. The van der Waals surface area contributed by atoms with Crippen molar-refractivity contribution in [1.82, 2.24) is 4.90 Å². The van der Waals surface area contributed by atoms with E-state index in [0.717, 1.165) is 6.07 Å². The number of hydrogen-bond acceptors (Lipinski definition) is 2. The van der Waals surface area contributed by atoms with Crippen molar-refractivity contribution in [2.75, 3.05) is 7.05 Å². The minimum atomic E-state index is -1.12. The molecule has 0 saturated heterocycles. The molecule has 3 nitrogen and oxygen atoms in total. The molecule has 0 unspecified atom stereocenters. The molecule has 102 valence electrons. The minimum absolute atomic E-state index is 0.0899. The summed E-state index contributed by atoms with van der Waals surface area (Å²) in [7, 11) is 1.56. The summed E-state index contributed by atoms with van der Waals surface area (Å²) in [6, 6.07) is 3.47. The molecule has 1 aliphatic carbocycles. The average Bonchev–Trinajstić information content (AvgIpc) is 2.41. The van der Waals surface area contributed by atoms with Gasteiger partial charge in [0.2, 0.25) is 0 Å². The summed E-state index contributed by atoms with van der Waals surface area (Å²) in [4.78, 5) is 24.7. The van der Waals surface area contributed by atoms with Crippen LogP contribution >= 0.6 is 0 Å². The number of carbonyl (C=O) groups is 2. The van der Waals surface area contributed by atoms with Crippen molar-refractivity contribution in [2.24, 2.45) is 0 Å². The van der Waals surface area contributed by atoms with E-state index >= 15 is 0 Å². The van der Waals surface area contributed by atoms with Crippen LogP contribution in [0.5, 0.6) is 0 Å². The number of rotatable bonds is 2. The molecule has 0 aliphatic heterocycles. The first-order valence-corrected chi connectivity index (χ1v) is 6.23. The van der Waals surface area contributed by atoms with Crippen molar-refractivity contribution < 1.29 is 18.4 Å². The van der Waals surface area contributed by atoms with E-state index < -0.39 is 17.5 Å². The van der Waals surface area contributed by atoms with Crippen LogP contribution in [0.4, 0.5) is 8.78 Å². The summed E-state index contributed by atoms with van der Waals surface area (Å²) in [6.07, 6.45) is 2.04. The second kappa shape index (κ2) is 5.47. The Morgan fingerprint density at radius 3 is 2.53 bits per heavy atom. The highest BCUT2D eigenvalue weighted by molar-refractivity contribution is 5.94. The van der Waals surface area contributed by atoms with Gasteiger partial charge in [0.25, 0.3) is 5.91 Å². The van der Waals surface area contributed by atoms with Crippen LogP contribution in [0.25, 0.3) is 0 Å². The zero-order valence-electron chi connectivity index (χ0n) is 10.7. The zero-order valence-corrected chi connectivity index (χ0v) is 10.7. The number of ketones is 1. The minimum Gasteiger partial charge on any atom is -0.339 e. The third kappa shape index (κ3) is 2.80. The van der Waals surface area contributed by atoms with Gasteiger partial charge in [-0.1, -0.05) is 6.07 Å². The predicted molar refractivity (Wildman–Crippen MR) is 65.7 cm³/mol. The summed E-state index contributed by atoms with van der Waals surface area (Å²) in [5, 5.41) is 0. The largest absolute Gasteiger partial charge is 0.339 e. The Morgan fingerprint density at radius 1 is 1.26 bits per heavy atom. The highest BCUT2D eigenvalue weighted by Gasteiger charge is 2.27. The molecule has 0 spiro atoms. The number of amides is 1. The quantitative estimate of drug-likeness (QED) is 0.825. The van der Waals surface area contributed by atoms with Gasteiger partial charge in [0, 0.05) is 25.9 Å². The molecule has 1 aromatic carbocycles. The van der Waals surface area contributed by atoms with Gasteiger partial charge in [0.15, 0.2) is 11.6 Å². The molecule has 0 aromatic heterocycles. The van der Waals surface area contributed by atoms with Crippen molar-refractivity contribution in [3.8, 4) is 0 Å². The van der Waals surface area contributed by atoms with Gasteiger partial charge in [0.1, 0.15) is 5.78 Å². The number of nitrogens with zero attached hydrogens (tertiary/aromatic N) is 1. The van der Waals surface area contributed by atoms with Gasteiger partial charge in [0.05, 0.1) is 5.56 Å². The van der Waals surface area contributed by atoms with Crippen molar-refractivity contribution >= 4 is 11.7 Å². The molecule has 1 aliphatic rings. The summed E-state index contributed by atoms with van der Waals surface area (Å²) in [5.74, 6) is -2.50. The molecule has 0 radical (unpaired) electrons. The number of benzene rings is 1. The SMILES string of the molecule is CN(C(=O)c1cccc(F)c1F)C1CCC(=O)CC1. The first kappa shape index (κ1) is 13.6. The Morgan fingerprint density at radius 2 is 1.89 bits per heavy atom. The van der Waals surface area contributed by atoms with Gasteiger partial charge >= 0.3 is 0 Å². The molecule has 2 rings (SSSR count). The maximum atomic E-state index is 13.6. The van der Waals surface area contributed by atoms with E-state index in [1.54, 1.807) is 7.05 Å². The van der Waals surface area contributed by atoms with Gasteiger partial charge in [-0.3, -0.25) is 9.59 Å². The van der Waals surface area contributed by atoms with Crippen molar-refractivity contribution in [3.63, 3.8) is 0 Å². The molecule has 0 N–H and O–H groups in total. The lowest BCUT2D eigenvalue weighted by Crippen LogP contribution is -2.40.